The van der Waals surface area contributed by atoms with Crippen LogP contribution in [0.1, 0.15) is 18.1 Å². The van der Waals surface area contributed by atoms with Crippen molar-refractivity contribution in [2.45, 2.75) is 19.9 Å². The number of aliphatic imine (C=N–C) groups is 1. The van der Waals surface area contributed by atoms with Crippen molar-refractivity contribution in [1.29, 1.82) is 0 Å². The van der Waals surface area contributed by atoms with Crippen LogP contribution in [0.15, 0.2) is 29.3 Å². The summed E-state index contributed by atoms with van der Waals surface area (Å²) in [6, 6.07) is 5.99. The van der Waals surface area contributed by atoms with Crippen molar-refractivity contribution in [3.63, 3.8) is 0 Å². The number of nitrogens with one attached hydrogen (secondary N) is 1. The van der Waals surface area contributed by atoms with Crippen LogP contribution in [0.3, 0.4) is 0 Å². The molecule has 0 unspecified atom stereocenters. The molecule has 0 radical (unpaired) electrons. The van der Waals surface area contributed by atoms with E-state index in [9.17, 15) is 4.39 Å². The van der Waals surface area contributed by atoms with Crippen LogP contribution in [0.5, 0.6) is 5.75 Å². The maximum absolute atomic E-state index is 13.0. The summed E-state index contributed by atoms with van der Waals surface area (Å²) < 4.78 is 25.6. The zero-order valence-corrected chi connectivity index (χ0v) is 19.7. The maximum atomic E-state index is 13.0. The SMILES string of the molecule is COCCCNC(=NCc1nnc(C)n1C)N(C)CCOc1ccc(F)cc1.I. The lowest BCUT2D eigenvalue weighted by molar-refractivity contribution is 0.195. The zero-order chi connectivity index (χ0) is 20.4. The largest absolute Gasteiger partial charge is 0.492 e. The Hall–Kier alpha value is -1.95. The van der Waals surface area contributed by atoms with Gasteiger partial charge in [0.2, 0.25) is 0 Å². The molecule has 162 valence electrons. The average molecular weight is 520 g/mol. The minimum absolute atomic E-state index is 0. The number of halogens is 2. The van der Waals surface area contributed by atoms with Gasteiger partial charge < -0.3 is 24.3 Å². The summed E-state index contributed by atoms with van der Waals surface area (Å²) >= 11 is 0. The highest BCUT2D eigenvalue weighted by molar-refractivity contribution is 14.0. The van der Waals surface area contributed by atoms with E-state index in [4.69, 9.17) is 9.47 Å². The van der Waals surface area contributed by atoms with Crippen molar-refractivity contribution < 1.29 is 13.9 Å². The van der Waals surface area contributed by atoms with Gasteiger partial charge in [0, 0.05) is 34.4 Å². The molecule has 0 bridgehead atoms. The molecule has 1 heterocycles. The third-order valence-corrected chi connectivity index (χ3v) is 4.23. The van der Waals surface area contributed by atoms with Crippen LogP contribution in [0, 0.1) is 12.7 Å². The van der Waals surface area contributed by atoms with Gasteiger partial charge in [-0.2, -0.15) is 0 Å². The molecule has 2 aromatic rings. The first kappa shape index (κ1) is 25.1. The summed E-state index contributed by atoms with van der Waals surface area (Å²) in [5, 5.41) is 11.6. The number of aromatic nitrogens is 3. The Kier molecular flexibility index (Phi) is 11.5. The van der Waals surface area contributed by atoms with Crippen LogP contribution >= 0.6 is 24.0 Å². The molecule has 0 saturated heterocycles. The molecule has 1 aromatic heterocycles. The lowest BCUT2D eigenvalue weighted by Gasteiger charge is -2.22. The zero-order valence-electron chi connectivity index (χ0n) is 17.4. The van der Waals surface area contributed by atoms with Gasteiger partial charge in [0.1, 0.15) is 30.5 Å². The predicted molar refractivity (Wildman–Crippen MR) is 121 cm³/mol. The van der Waals surface area contributed by atoms with E-state index < -0.39 is 0 Å². The second-order valence-corrected chi connectivity index (χ2v) is 6.36. The highest BCUT2D eigenvalue weighted by Crippen LogP contribution is 2.10. The minimum atomic E-state index is -0.279. The summed E-state index contributed by atoms with van der Waals surface area (Å²) in [5.41, 5.74) is 0. The average Bonchev–Trinajstić information content (AvgIpc) is 3.01. The molecule has 10 heteroatoms. The molecule has 8 nitrogen and oxygen atoms in total. The van der Waals surface area contributed by atoms with E-state index in [1.54, 1.807) is 19.2 Å². The number of hydrogen-bond acceptors (Lipinski definition) is 5. The normalized spacial score (nSPS) is 11.1. The first-order valence-electron chi connectivity index (χ1n) is 9.23. The monoisotopic (exact) mass is 520 g/mol. The van der Waals surface area contributed by atoms with Crippen LogP contribution in [-0.4, -0.2) is 66.1 Å². The van der Waals surface area contributed by atoms with Crippen molar-refractivity contribution in [3.05, 3.63) is 41.7 Å². The van der Waals surface area contributed by atoms with E-state index in [0.29, 0.717) is 32.1 Å². The number of hydrogen-bond donors (Lipinski definition) is 1. The predicted octanol–water partition coefficient (Wildman–Crippen LogP) is 2.37. The van der Waals surface area contributed by atoms with Crippen molar-refractivity contribution in [2.24, 2.45) is 12.0 Å². The summed E-state index contributed by atoms with van der Waals surface area (Å²) in [7, 11) is 5.55. The maximum Gasteiger partial charge on any atom is 0.194 e. The van der Waals surface area contributed by atoms with Crippen LogP contribution in [0.4, 0.5) is 4.39 Å². The Balaban J connectivity index is 0.00000420. The molecule has 0 aliphatic rings. The van der Waals surface area contributed by atoms with E-state index in [1.807, 2.05) is 30.5 Å². The molecule has 1 aromatic carbocycles. The van der Waals surface area contributed by atoms with Gasteiger partial charge in [-0.05, 0) is 37.6 Å². The summed E-state index contributed by atoms with van der Waals surface area (Å²) in [5.74, 6) is 2.75. The van der Waals surface area contributed by atoms with Crippen molar-refractivity contribution in [1.82, 2.24) is 25.0 Å². The smallest absolute Gasteiger partial charge is 0.194 e. The number of benzene rings is 1. The lowest BCUT2D eigenvalue weighted by Crippen LogP contribution is -2.41. The van der Waals surface area contributed by atoms with E-state index >= 15 is 0 Å². The minimum Gasteiger partial charge on any atom is -0.492 e. The molecule has 0 saturated carbocycles. The summed E-state index contributed by atoms with van der Waals surface area (Å²) in [6.07, 6.45) is 0.874. The molecule has 0 aliphatic heterocycles. The molecule has 0 fully saturated rings. The Labute approximate surface area is 188 Å². The standard InChI is InChI=1S/C19H29FN6O2.HI/c1-15-23-24-18(26(15)3)14-22-19(21-10-5-12-27-4)25(2)11-13-28-17-8-6-16(20)7-9-17;/h6-9H,5,10-14H2,1-4H3,(H,21,22);1H. The highest BCUT2D eigenvalue weighted by Gasteiger charge is 2.09. The number of ether oxygens (including phenoxy) is 2. The van der Waals surface area contributed by atoms with Gasteiger partial charge in [-0.15, -0.1) is 34.2 Å². The van der Waals surface area contributed by atoms with Gasteiger partial charge in [-0.3, -0.25) is 0 Å². The van der Waals surface area contributed by atoms with Crippen molar-refractivity contribution in [2.75, 3.05) is 40.5 Å². The summed E-state index contributed by atoms with van der Waals surface area (Å²) in [4.78, 5) is 6.65. The van der Waals surface area contributed by atoms with Crippen LogP contribution < -0.4 is 10.1 Å². The van der Waals surface area contributed by atoms with Crippen molar-refractivity contribution >= 4 is 29.9 Å². The molecule has 0 aliphatic carbocycles. The van der Waals surface area contributed by atoms with Gasteiger partial charge >= 0.3 is 0 Å². The van der Waals surface area contributed by atoms with Gasteiger partial charge in [-0.25, -0.2) is 9.38 Å². The first-order chi connectivity index (χ1) is 13.5. The van der Waals surface area contributed by atoms with E-state index in [0.717, 1.165) is 30.6 Å². The van der Waals surface area contributed by atoms with Crippen LogP contribution in [0.25, 0.3) is 0 Å². The fraction of sp³-hybridized carbons (Fsp3) is 0.526. The van der Waals surface area contributed by atoms with Gasteiger partial charge in [0.05, 0.1) is 6.54 Å². The number of rotatable bonds is 10. The number of methoxy groups -OCH3 is 1. The number of nitrogens with zero attached hydrogens (tertiary/aromatic N) is 5. The van der Waals surface area contributed by atoms with Crippen LogP contribution in [-0.2, 0) is 18.3 Å². The first-order valence-corrected chi connectivity index (χ1v) is 9.23. The Morgan fingerprint density at radius 1 is 1.24 bits per heavy atom. The van der Waals surface area contributed by atoms with Gasteiger partial charge in [-0.1, -0.05) is 0 Å². The quantitative estimate of drug-likeness (QED) is 0.225. The van der Waals surface area contributed by atoms with E-state index in [-0.39, 0.29) is 29.8 Å². The van der Waals surface area contributed by atoms with Gasteiger partial charge in [0.25, 0.3) is 0 Å². The lowest BCUT2D eigenvalue weighted by atomic mass is 10.3. The third kappa shape index (κ3) is 8.52. The Morgan fingerprint density at radius 3 is 2.59 bits per heavy atom. The topological polar surface area (TPSA) is 76.8 Å². The fourth-order valence-electron chi connectivity index (χ4n) is 2.40. The number of guanidine groups is 1. The second-order valence-electron chi connectivity index (χ2n) is 6.36. The Morgan fingerprint density at radius 2 is 1.97 bits per heavy atom. The van der Waals surface area contributed by atoms with E-state index in [1.165, 1.54) is 12.1 Å². The molecule has 0 amide bonds. The second kappa shape index (κ2) is 13.3. The van der Waals surface area contributed by atoms with Gasteiger partial charge in [0.15, 0.2) is 11.8 Å². The fourth-order valence-corrected chi connectivity index (χ4v) is 2.40. The van der Waals surface area contributed by atoms with Crippen molar-refractivity contribution in [3.8, 4) is 5.75 Å². The molecule has 29 heavy (non-hydrogen) atoms. The number of likely N-dealkylation sites (N-methyl/N-ethyl adjacent to an activating group) is 1. The Bertz CT molecular complexity index is 754. The number of aryl methyl sites for hydroxylation is 1. The molecule has 1 N–H and O–H groups in total. The molecule has 0 spiro atoms. The van der Waals surface area contributed by atoms with E-state index in [2.05, 4.69) is 20.5 Å². The summed E-state index contributed by atoms with van der Waals surface area (Å²) in [6.45, 7) is 4.82. The molecular formula is C19H30FIN6O2. The molecule has 0 atom stereocenters. The third-order valence-electron chi connectivity index (χ3n) is 4.23. The molecular weight excluding hydrogens is 490 g/mol. The molecule has 2 rings (SSSR count). The van der Waals surface area contributed by atoms with Crippen LogP contribution in [0.2, 0.25) is 0 Å². The highest BCUT2D eigenvalue weighted by atomic mass is 127.